The number of anilines is 1. The standard InChI is InChI=1S/C13H20N2O/c1-13(16,8-10-3-2-4-10)9-11-5-6-15-12(14)7-11/h5-7,10,16H,2-4,8-9H2,1H3,(H2,14,15). The van der Waals surface area contributed by atoms with E-state index in [-0.39, 0.29) is 0 Å². The second-order valence-electron chi connectivity index (χ2n) is 5.26. The summed E-state index contributed by atoms with van der Waals surface area (Å²) in [5, 5.41) is 10.3. The van der Waals surface area contributed by atoms with Gasteiger partial charge in [-0.05, 0) is 37.0 Å². The number of nitrogens with zero attached hydrogens (tertiary/aromatic N) is 1. The van der Waals surface area contributed by atoms with E-state index in [1.165, 1.54) is 19.3 Å². The fraction of sp³-hybridized carbons (Fsp3) is 0.615. The summed E-state index contributed by atoms with van der Waals surface area (Å²) in [7, 11) is 0. The van der Waals surface area contributed by atoms with Crippen LogP contribution in [0.2, 0.25) is 0 Å². The number of rotatable bonds is 4. The average Bonchev–Trinajstić information content (AvgIpc) is 2.11. The molecule has 2 rings (SSSR count). The first-order chi connectivity index (χ1) is 7.55. The summed E-state index contributed by atoms with van der Waals surface area (Å²) in [6, 6.07) is 3.76. The Morgan fingerprint density at radius 3 is 2.88 bits per heavy atom. The van der Waals surface area contributed by atoms with Crippen molar-refractivity contribution in [2.45, 2.75) is 44.6 Å². The van der Waals surface area contributed by atoms with E-state index in [0.29, 0.717) is 18.2 Å². The van der Waals surface area contributed by atoms with Crippen molar-refractivity contribution >= 4 is 5.82 Å². The van der Waals surface area contributed by atoms with Gasteiger partial charge < -0.3 is 10.8 Å². The largest absolute Gasteiger partial charge is 0.390 e. The highest BCUT2D eigenvalue weighted by atomic mass is 16.3. The average molecular weight is 220 g/mol. The van der Waals surface area contributed by atoms with Crippen LogP contribution in [0.4, 0.5) is 5.82 Å². The van der Waals surface area contributed by atoms with Crippen LogP contribution in [0, 0.1) is 5.92 Å². The molecule has 1 aliphatic rings. The van der Waals surface area contributed by atoms with Crippen LogP contribution in [0.3, 0.4) is 0 Å². The molecular formula is C13H20N2O. The third-order valence-electron chi connectivity index (χ3n) is 3.38. The van der Waals surface area contributed by atoms with Gasteiger partial charge in [-0.2, -0.15) is 0 Å². The summed E-state index contributed by atoms with van der Waals surface area (Å²) in [5.74, 6) is 1.24. The zero-order valence-corrected chi connectivity index (χ0v) is 9.82. The lowest BCUT2D eigenvalue weighted by Crippen LogP contribution is -2.32. The molecule has 0 aromatic carbocycles. The lowest BCUT2D eigenvalue weighted by molar-refractivity contribution is 0.0204. The Kier molecular flexibility index (Phi) is 3.15. The van der Waals surface area contributed by atoms with Gasteiger partial charge in [0.2, 0.25) is 0 Å². The Bertz CT molecular complexity index is 359. The molecule has 88 valence electrons. The second kappa shape index (κ2) is 4.42. The summed E-state index contributed by atoms with van der Waals surface area (Å²) < 4.78 is 0. The van der Waals surface area contributed by atoms with Crippen LogP contribution in [0.1, 0.15) is 38.2 Å². The quantitative estimate of drug-likeness (QED) is 0.817. The Balaban J connectivity index is 1.96. The van der Waals surface area contributed by atoms with Crippen molar-refractivity contribution in [3.8, 4) is 0 Å². The molecule has 1 atom stereocenters. The lowest BCUT2D eigenvalue weighted by Gasteiger charge is -2.33. The van der Waals surface area contributed by atoms with Gasteiger partial charge >= 0.3 is 0 Å². The summed E-state index contributed by atoms with van der Waals surface area (Å²) in [4.78, 5) is 3.95. The van der Waals surface area contributed by atoms with E-state index in [4.69, 9.17) is 5.73 Å². The molecule has 0 amide bonds. The fourth-order valence-electron chi connectivity index (χ4n) is 2.44. The van der Waals surface area contributed by atoms with Gasteiger partial charge in [0, 0.05) is 12.6 Å². The zero-order valence-electron chi connectivity index (χ0n) is 9.82. The number of nitrogens with two attached hydrogens (primary N) is 1. The summed E-state index contributed by atoms with van der Waals surface area (Å²) in [6.07, 6.45) is 7.13. The molecule has 0 bridgehead atoms. The van der Waals surface area contributed by atoms with Gasteiger partial charge in [-0.3, -0.25) is 0 Å². The van der Waals surface area contributed by atoms with E-state index in [9.17, 15) is 5.11 Å². The van der Waals surface area contributed by atoms with Crippen molar-refractivity contribution in [3.63, 3.8) is 0 Å². The van der Waals surface area contributed by atoms with Crippen LogP contribution in [0.15, 0.2) is 18.3 Å². The van der Waals surface area contributed by atoms with E-state index in [1.807, 2.05) is 19.1 Å². The predicted octanol–water partition coefficient (Wildman–Crippen LogP) is 2.15. The van der Waals surface area contributed by atoms with Gasteiger partial charge in [0.25, 0.3) is 0 Å². The topological polar surface area (TPSA) is 59.1 Å². The van der Waals surface area contributed by atoms with Gasteiger partial charge in [0.15, 0.2) is 0 Å². The molecule has 1 heterocycles. The Labute approximate surface area is 96.7 Å². The molecule has 3 N–H and O–H groups in total. The molecule has 1 saturated carbocycles. The number of hydrogen-bond donors (Lipinski definition) is 2. The van der Waals surface area contributed by atoms with Crippen LogP contribution in [0.5, 0.6) is 0 Å². The smallest absolute Gasteiger partial charge is 0.123 e. The van der Waals surface area contributed by atoms with Gasteiger partial charge in [0.05, 0.1) is 5.60 Å². The van der Waals surface area contributed by atoms with Crippen LogP contribution < -0.4 is 5.73 Å². The third kappa shape index (κ3) is 2.95. The van der Waals surface area contributed by atoms with Crippen molar-refractivity contribution in [1.82, 2.24) is 4.98 Å². The Morgan fingerprint density at radius 2 is 2.31 bits per heavy atom. The van der Waals surface area contributed by atoms with Crippen molar-refractivity contribution in [2.24, 2.45) is 5.92 Å². The highest BCUT2D eigenvalue weighted by molar-refractivity contribution is 5.32. The van der Waals surface area contributed by atoms with Crippen molar-refractivity contribution < 1.29 is 5.11 Å². The highest BCUT2D eigenvalue weighted by Gasteiger charge is 2.29. The molecule has 1 aromatic heterocycles. The number of aromatic nitrogens is 1. The maximum absolute atomic E-state index is 10.3. The SMILES string of the molecule is CC(O)(Cc1ccnc(N)c1)CC1CCC1. The maximum atomic E-state index is 10.3. The molecule has 3 heteroatoms. The minimum absolute atomic E-state index is 0.525. The first-order valence-corrected chi connectivity index (χ1v) is 5.98. The predicted molar refractivity (Wildman–Crippen MR) is 64.9 cm³/mol. The molecule has 1 aromatic rings. The van der Waals surface area contributed by atoms with Crippen LogP contribution >= 0.6 is 0 Å². The second-order valence-corrected chi connectivity index (χ2v) is 5.26. The van der Waals surface area contributed by atoms with E-state index >= 15 is 0 Å². The van der Waals surface area contributed by atoms with Gasteiger partial charge in [-0.25, -0.2) is 4.98 Å². The lowest BCUT2D eigenvalue weighted by atomic mass is 9.76. The normalized spacial score (nSPS) is 20.1. The zero-order chi connectivity index (χ0) is 11.6. The molecule has 1 fully saturated rings. The van der Waals surface area contributed by atoms with Gasteiger partial charge in [0.1, 0.15) is 5.82 Å². The Hall–Kier alpha value is -1.09. The number of aliphatic hydroxyl groups is 1. The van der Waals surface area contributed by atoms with Gasteiger partial charge in [-0.1, -0.05) is 19.3 Å². The van der Waals surface area contributed by atoms with E-state index in [2.05, 4.69) is 4.98 Å². The highest BCUT2D eigenvalue weighted by Crippen LogP contribution is 2.34. The number of nitrogen functional groups attached to an aromatic ring is 1. The molecular weight excluding hydrogens is 200 g/mol. The molecule has 0 radical (unpaired) electrons. The molecule has 1 unspecified atom stereocenters. The van der Waals surface area contributed by atoms with Crippen LogP contribution in [-0.2, 0) is 6.42 Å². The minimum Gasteiger partial charge on any atom is -0.390 e. The van der Waals surface area contributed by atoms with Crippen LogP contribution in [-0.4, -0.2) is 15.7 Å². The van der Waals surface area contributed by atoms with Crippen molar-refractivity contribution in [1.29, 1.82) is 0 Å². The van der Waals surface area contributed by atoms with E-state index in [1.54, 1.807) is 6.20 Å². The Morgan fingerprint density at radius 1 is 1.56 bits per heavy atom. The molecule has 16 heavy (non-hydrogen) atoms. The van der Waals surface area contributed by atoms with Crippen molar-refractivity contribution in [3.05, 3.63) is 23.9 Å². The number of hydrogen-bond acceptors (Lipinski definition) is 3. The molecule has 0 aliphatic heterocycles. The molecule has 3 nitrogen and oxygen atoms in total. The maximum Gasteiger partial charge on any atom is 0.123 e. The molecule has 0 saturated heterocycles. The molecule has 1 aliphatic carbocycles. The third-order valence-corrected chi connectivity index (χ3v) is 3.38. The minimum atomic E-state index is -0.612. The molecule has 0 spiro atoms. The van der Waals surface area contributed by atoms with Gasteiger partial charge in [-0.15, -0.1) is 0 Å². The van der Waals surface area contributed by atoms with E-state index in [0.717, 1.165) is 12.0 Å². The van der Waals surface area contributed by atoms with E-state index < -0.39 is 5.60 Å². The first kappa shape index (κ1) is 11.4. The van der Waals surface area contributed by atoms with Crippen LogP contribution in [0.25, 0.3) is 0 Å². The summed E-state index contributed by atoms with van der Waals surface area (Å²) >= 11 is 0. The monoisotopic (exact) mass is 220 g/mol. The van der Waals surface area contributed by atoms with Crippen molar-refractivity contribution in [2.75, 3.05) is 5.73 Å². The first-order valence-electron chi connectivity index (χ1n) is 5.98. The summed E-state index contributed by atoms with van der Waals surface area (Å²) in [6.45, 7) is 1.92. The number of pyridine rings is 1. The summed E-state index contributed by atoms with van der Waals surface area (Å²) in [5.41, 5.74) is 6.08. The fourth-order valence-corrected chi connectivity index (χ4v) is 2.44.